The Labute approximate surface area is 139 Å². The van der Waals surface area contributed by atoms with E-state index in [1.807, 2.05) is 36.4 Å². The zero-order valence-corrected chi connectivity index (χ0v) is 14.3. The molecule has 2 heteroatoms. The van der Waals surface area contributed by atoms with E-state index < -0.39 is 0 Å². The highest BCUT2D eigenvalue weighted by molar-refractivity contribution is 6.02. The van der Waals surface area contributed by atoms with Crippen LogP contribution in [0.15, 0.2) is 54.6 Å². The van der Waals surface area contributed by atoms with Crippen molar-refractivity contribution in [1.29, 1.82) is 0 Å². The summed E-state index contributed by atoms with van der Waals surface area (Å²) in [5, 5.41) is 2.97. The number of para-hydroxylation sites is 1. The summed E-state index contributed by atoms with van der Waals surface area (Å²) in [5.74, 6) is 0.786. The van der Waals surface area contributed by atoms with Gasteiger partial charge in [-0.3, -0.25) is 4.79 Å². The molecule has 0 aliphatic rings. The van der Waals surface area contributed by atoms with E-state index in [2.05, 4.69) is 51.2 Å². The second-order valence-corrected chi connectivity index (χ2v) is 6.39. The highest BCUT2D eigenvalue weighted by atomic mass is 16.1. The fourth-order valence-electron chi connectivity index (χ4n) is 2.45. The summed E-state index contributed by atoms with van der Waals surface area (Å²) in [7, 11) is 0. The zero-order valence-electron chi connectivity index (χ0n) is 14.3. The molecule has 0 heterocycles. The minimum atomic E-state index is -0.106. The molecule has 0 aliphatic carbocycles. The van der Waals surface area contributed by atoms with Crippen LogP contribution in [0.5, 0.6) is 0 Å². The Morgan fingerprint density at radius 3 is 2.17 bits per heavy atom. The van der Waals surface area contributed by atoms with Crippen LogP contribution in [0.25, 0.3) is 6.08 Å². The molecular weight excluding hydrogens is 282 g/mol. The lowest BCUT2D eigenvalue weighted by molar-refractivity contribution is -0.111. The Hall–Kier alpha value is -2.35. The molecule has 0 fully saturated rings. The fourth-order valence-corrected chi connectivity index (χ4v) is 2.45. The maximum absolute atomic E-state index is 12.1. The van der Waals surface area contributed by atoms with Gasteiger partial charge in [0.05, 0.1) is 0 Å². The molecule has 120 valence electrons. The monoisotopic (exact) mass is 307 g/mol. The molecule has 0 saturated carbocycles. The average molecular weight is 307 g/mol. The van der Waals surface area contributed by atoms with E-state index >= 15 is 0 Å². The maximum atomic E-state index is 12.1. The van der Waals surface area contributed by atoms with Gasteiger partial charge >= 0.3 is 0 Å². The Kier molecular flexibility index (Phi) is 5.75. The number of amides is 1. The molecule has 0 atom stereocenters. The fraction of sp³-hybridized carbons (Fsp3) is 0.286. The van der Waals surface area contributed by atoms with Gasteiger partial charge in [0.15, 0.2) is 0 Å². The third-order valence-corrected chi connectivity index (χ3v) is 3.87. The first-order valence-corrected chi connectivity index (χ1v) is 8.15. The predicted octanol–water partition coefficient (Wildman–Crippen LogP) is 5.59. The molecule has 0 unspecified atom stereocenters. The van der Waals surface area contributed by atoms with Crippen molar-refractivity contribution >= 4 is 17.7 Å². The van der Waals surface area contributed by atoms with Crippen molar-refractivity contribution in [3.8, 4) is 0 Å². The summed E-state index contributed by atoms with van der Waals surface area (Å²) < 4.78 is 0. The molecule has 1 amide bonds. The lowest BCUT2D eigenvalue weighted by Gasteiger charge is -2.12. The van der Waals surface area contributed by atoms with Gasteiger partial charge in [0, 0.05) is 11.8 Å². The lowest BCUT2D eigenvalue weighted by Crippen LogP contribution is -2.10. The van der Waals surface area contributed by atoms with E-state index in [9.17, 15) is 4.79 Å². The number of rotatable bonds is 5. The predicted molar refractivity (Wildman–Crippen MR) is 98.7 cm³/mol. The van der Waals surface area contributed by atoms with Crippen LogP contribution < -0.4 is 5.32 Å². The van der Waals surface area contributed by atoms with Crippen molar-refractivity contribution in [3.63, 3.8) is 0 Å². The maximum Gasteiger partial charge on any atom is 0.248 e. The second-order valence-electron chi connectivity index (χ2n) is 6.39. The van der Waals surface area contributed by atoms with Crippen LogP contribution in [0.2, 0.25) is 0 Å². The van der Waals surface area contributed by atoms with Crippen LogP contribution in [0.1, 0.15) is 56.2 Å². The molecular formula is C21H25NO. The van der Waals surface area contributed by atoms with E-state index in [0.29, 0.717) is 11.8 Å². The third-order valence-electron chi connectivity index (χ3n) is 3.87. The van der Waals surface area contributed by atoms with Gasteiger partial charge in [-0.05, 0) is 40.7 Å². The molecule has 1 N–H and O–H groups in total. The average Bonchev–Trinajstić information content (AvgIpc) is 2.53. The van der Waals surface area contributed by atoms with Gasteiger partial charge < -0.3 is 5.32 Å². The minimum absolute atomic E-state index is 0.106. The number of benzene rings is 2. The topological polar surface area (TPSA) is 29.1 Å². The number of anilines is 1. The molecule has 0 saturated heterocycles. The first kappa shape index (κ1) is 17.0. The van der Waals surface area contributed by atoms with Gasteiger partial charge in [-0.1, -0.05) is 70.2 Å². The summed E-state index contributed by atoms with van der Waals surface area (Å²) in [4.78, 5) is 12.1. The first-order chi connectivity index (χ1) is 11.0. The normalized spacial score (nSPS) is 11.4. The number of hydrogen-bond acceptors (Lipinski definition) is 1. The smallest absolute Gasteiger partial charge is 0.248 e. The van der Waals surface area contributed by atoms with Gasteiger partial charge in [-0.2, -0.15) is 0 Å². The first-order valence-electron chi connectivity index (χ1n) is 8.15. The summed E-state index contributed by atoms with van der Waals surface area (Å²) in [6.07, 6.45) is 3.43. The standard InChI is InChI=1S/C21H25NO/c1-15(2)18-12-9-17(10-13-18)11-14-21(23)22-20-8-6-5-7-19(20)16(3)4/h5-16H,1-4H3,(H,22,23). The summed E-state index contributed by atoms with van der Waals surface area (Å²) in [5.41, 5.74) is 4.36. The van der Waals surface area contributed by atoms with Crippen molar-refractivity contribution in [2.45, 2.75) is 39.5 Å². The Morgan fingerprint density at radius 1 is 0.913 bits per heavy atom. The van der Waals surface area contributed by atoms with E-state index in [0.717, 1.165) is 16.8 Å². The van der Waals surface area contributed by atoms with Crippen molar-refractivity contribution in [3.05, 3.63) is 71.3 Å². The third kappa shape index (κ3) is 4.82. The number of nitrogens with one attached hydrogen (secondary N) is 1. The Morgan fingerprint density at radius 2 is 1.57 bits per heavy atom. The van der Waals surface area contributed by atoms with Gasteiger partial charge in [0.1, 0.15) is 0 Å². The molecule has 0 aromatic heterocycles. The van der Waals surface area contributed by atoms with Crippen molar-refractivity contribution in [2.75, 3.05) is 5.32 Å². The molecule has 0 spiro atoms. The zero-order chi connectivity index (χ0) is 16.8. The van der Waals surface area contributed by atoms with Crippen molar-refractivity contribution < 1.29 is 4.79 Å². The van der Waals surface area contributed by atoms with Crippen molar-refractivity contribution in [2.24, 2.45) is 0 Å². The van der Waals surface area contributed by atoms with Crippen molar-refractivity contribution in [1.82, 2.24) is 0 Å². The summed E-state index contributed by atoms with van der Waals surface area (Å²) in [6.45, 7) is 8.59. The SMILES string of the molecule is CC(C)c1ccc(C=CC(=O)Nc2ccccc2C(C)C)cc1. The molecule has 2 aromatic carbocycles. The van der Waals surface area contributed by atoms with Gasteiger partial charge in [0.2, 0.25) is 5.91 Å². The van der Waals surface area contributed by atoms with Crippen LogP contribution in [0.3, 0.4) is 0 Å². The van der Waals surface area contributed by atoms with Crippen LogP contribution in [-0.2, 0) is 4.79 Å². The Balaban J connectivity index is 2.05. The molecule has 2 rings (SSSR count). The quantitative estimate of drug-likeness (QED) is 0.717. The van der Waals surface area contributed by atoms with Crippen LogP contribution in [0.4, 0.5) is 5.69 Å². The van der Waals surface area contributed by atoms with Crippen LogP contribution in [0, 0.1) is 0 Å². The molecule has 0 bridgehead atoms. The molecule has 2 aromatic rings. The molecule has 0 aliphatic heterocycles. The van der Waals surface area contributed by atoms with E-state index in [1.54, 1.807) is 6.08 Å². The Bertz CT molecular complexity index is 681. The summed E-state index contributed by atoms with van der Waals surface area (Å²) >= 11 is 0. The number of carbonyl (C=O) groups excluding carboxylic acids is 1. The molecule has 23 heavy (non-hydrogen) atoms. The van der Waals surface area contributed by atoms with E-state index in [4.69, 9.17) is 0 Å². The van der Waals surface area contributed by atoms with Crippen LogP contribution >= 0.6 is 0 Å². The number of carbonyl (C=O) groups is 1. The molecule has 0 radical (unpaired) electrons. The largest absolute Gasteiger partial charge is 0.322 e. The van der Waals surface area contributed by atoms with E-state index in [1.165, 1.54) is 5.56 Å². The second kappa shape index (κ2) is 7.77. The molecule has 2 nitrogen and oxygen atoms in total. The van der Waals surface area contributed by atoms with Gasteiger partial charge in [-0.25, -0.2) is 0 Å². The number of hydrogen-bond donors (Lipinski definition) is 1. The van der Waals surface area contributed by atoms with Gasteiger partial charge in [-0.15, -0.1) is 0 Å². The highest BCUT2D eigenvalue weighted by Gasteiger charge is 2.07. The van der Waals surface area contributed by atoms with Crippen LogP contribution in [-0.4, -0.2) is 5.91 Å². The minimum Gasteiger partial charge on any atom is -0.322 e. The summed E-state index contributed by atoms with van der Waals surface area (Å²) in [6, 6.07) is 16.2. The lowest BCUT2D eigenvalue weighted by atomic mass is 10.0. The highest BCUT2D eigenvalue weighted by Crippen LogP contribution is 2.23. The van der Waals surface area contributed by atoms with Gasteiger partial charge in [0.25, 0.3) is 0 Å². The van der Waals surface area contributed by atoms with E-state index in [-0.39, 0.29) is 5.91 Å².